The van der Waals surface area contributed by atoms with Gasteiger partial charge < -0.3 is 14.8 Å². The van der Waals surface area contributed by atoms with Gasteiger partial charge in [0, 0.05) is 11.3 Å². The van der Waals surface area contributed by atoms with Crippen molar-refractivity contribution >= 4 is 28.2 Å². The molecule has 1 unspecified atom stereocenters. The quantitative estimate of drug-likeness (QED) is 0.387. The summed E-state index contributed by atoms with van der Waals surface area (Å²) in [5, 5.41) is 3.60. The fourth-order valence-corrected chi connectivity index (χ4v) is 5.50. The topological polar surface area (TPSA) is 64.6 Å². The lowest BCUT2D eigenvalue weighted by Gasteiger charge is -2.33. The summed E-state index contributed by atoms with van der Waals surface area (Å²) in [6.07, 6.45) is 4.76. The molecule has 3 rings (SSSR count). The summed E-state index contributed by atoms with van der Waals surface area (Å²) >= 11 is 1.53. The average Bonchev–Trinajstić information content (AvgIpc) is 3.12. The van der Waals surface area contributed by atoms with Crippen LogP contribution < -0.4 is 10.1 Å². The van der Waals surface area contributed by atoms with Crippen LogP contribution in [0.3, 0.4) is 0 Å². The standard InChI is InChI=1S/C26H35NO4S/c1-6-17-9-12-19(13-10-17)31-15-7-8-22(28)27-24-23(25(29)30-5)20-14-11-18(26(2,3)4)16-21(20)32-24/h9-10,12-13,18H,6-8,11,14-16H2,1-5H3,(H,27,28). The highest BCUT2D eigenvalue weighted by molar-refractivity contribution is 7.17. The molecule has 5 nitrogen and oxygen atoms in total. The number of methoxy groups -OCH3 is 1. The third kappa shape index (κ3) is 5.91. The molecular formula is C26H35NO4S. The molecule has 0 radical (unpaired) electrons. The van der Waals surface area contributed by atoms with Gasteiger partial charge in [0.05, 0.1) is 19.3 Å². The summed E-state index contributed by atoms with van der Waals surface area (Å²) in [6.45, 7) is 9.38. The molecule has 0 saturated heterocycles. The highest BCUT2D eigenvalue weighted by atomic mass is 32.1. The van der Waals surface area contributed by atoms with Crippen LogP contribution in [0.5, 0.6) is 5.75 Å². The molecule has 0 fully saturated rings. The van der Waals surface area contributed by atoms with Crippen molar-refractivity contribution in [2.45, 2.75) is 66.2 Å². The molecule has 1 aromatic heterocycles. The van der Waals surface area contributed by atoms with Crippen LogP contribution in [0, 0.1) is 11.3 Å². The molecule has 174 valence electrons. The van der Waals surface area contributed by atoms with E-state index in [0.29, 0.717) is 35.9 Å². The first-order valence-corrected chi connectivity index (χ1v) is 12.3. The first-order valence-electron chi connectivity index (χ1n) is 11.5. The van der Waals surface area contributed by atoms with Gasteiger partial charge in [-0.2, -0.15) is 0 Å². The minimum Gasteiger partial charge on any atom is -0.494 e. The summed E-state index contributed by atoms with van der Waals surface area (Å²) in [5.41, 5.74) is 3.08. The van der Waals surface area contributed by atoms with E-state index in [0.717, 1.165) is 37.0 Å². The van der Waals surface area contributed by atoms with Crippen LogP contribution in [-0.4, -0.2) is 25.6 Å². The van der Waals surface area contributed by atoms with Gasteiger partial charge in [-0.25, -0.2) is 4.79 Å². The summed E-state index contributed by atoms with van der Waals surface area (Å²) < 4.78 is 10.8. The number of esters is 1. The number of anilines is 1. The molecule has 2 aromatic rings. The lowest BCUT2D eigenvalue weighted by molar-refractivity contribution is -0.116. The summed E-state index contributed by atoms with van der Waals surface area (Å²) in [4.78, 5) is 26.3. The van der Waals surface area contributed by atoms with Crippen molar-refractivity contribution < 1.29 is 19.1 Å². The Kier molecular flexibility index (Phi) is 7.99. The number of amides is 1. The molecule has 6 heteroatoms. The van der Waals surface area contributed by atoms with Crippen molar-refractivity contribution in [3.63, 3.8) is 0 Å². The zero-order valence-electron chi connectivity index (χ0n) is 19.9. The van der Waals surface area contributed by atoms with E-state index in [4.69, 9.17) is 9.47 Å². The Balaban J connectivity index is 1.60. The van der Waals surface area contributed by atoms with Gasteiger partial charge in [0.2, 0.25) is 5.91 Å². The molecule has 0 bridgehead atoms. The van der Waals surface area contributed by atoms with Crippen LogP contribution >= 0.6 is 11.3 Å². The van der Waals surface area contributed by atoms with E-state index in [-0.39, 0.29) is 17.3 Å². The number of carbonyl (C=O) groups excluding carboxylic acids is 2. The van der Waals surface area contributed by atoms with Gasteiger partial charge in [0.1, 0.15) is 10.8 Å². The Hall–Kier alpha value is -2.34. The molecule has 1 heterocycles. The van der Waals surface area contributed by atoms with Gasteiger partial charge >= 0.3 is 5.97 Å². The number of rotatable bonds is 8. The van der Waals surface area contributed by atoms with Gasteiger partial charge in [-0.3, -0.25) is 4.79 Å². The lowest BCUT2D eigenvalue weighted by atomic mass is 9.72. The summed E-state index contributed by atoms with van der Waals surface area (Å²) in [5.74, 6) is 0.901. The summed E-state index contributed by atoms with van der Waals surface area (Å²) in [7, 11) is 1.39. The maximum atomic E-state index is 12.6. The monoisotopic (exact) mass is 457 g/mol. The summed E-state index contributed by atoms with van der Waals surface area (Å²) in [6, 6.07) is 8.03. The number of benzene rings is 1. The molecule has 0 saturated carbocycles. The van der Waals surface area contributed by atoms with Crippen molar-refractivity contribution in [3.8, 4) is 5.75 Å². The fraction of sp³-hybridized carbons (Fsp3) is 0.538. The van der Waals surface area contributed by atoms with E-state index >= 15 is 0 Å². The maximum absolute atomic E-state index is 12.6. The number of carbonyl (C=O) groups is 2. The third-order valence-electron chi connectivity index (χ3n) is 6.28. The molecule has 1 amide bonds. The normalized spacial score (nSPS) is 15.7. The van der Waals surface area contributed by atoms with Crippen molar-refractivity contribution in [2.75, 3.05) is 19.0 Å². The lowest BCUT2D eigenvalue weighted by Crippen LogP contribution is -2.26. The van der Waals surface area contributed by atoms with Crippen LogP contribution in [0.15, 0.2) is 24.3 Å². The Morgan fingerprint density at radius 1 is 1.19 bits per heavy atom. The molecule has 32 heavy (non-hydrogen) atoms. The van der Waals surface area contributed by atoms with E-state index in [2.05, 4.69) is 45.1 Å². The Labute approximate surface area is 195 Å². The highest BCUT2D eigenvalue weighted by Gasteiger charge is 2.34. The van der Waals surface area contributed by atoms with Crippen LogP contribution in [0.4, 0.5) is 5.00 Å². The number of nitrogens with one attached hydrogen (secondary N) is 1. The smallest absolute Gasteiger partial charge is 0.341 e. The van der Waals surface area contributed by atoms with Gasteiger partial charge in [0.25, 0.3) is 0 Å². The predicted octanol–water partition coefficient (Wildman–Crippen LogP) is 6.05. The van der Waals surface area contributed by atoms with Crippen molar-refractivity contribution in [1.82, 2.24) is 0 Å². The molecule has 1 aromatic carbocycles. The second-order valence-corrected chi connectivity index (χ2v) is 10.6. The molecule has 1 atom stereocenters. The van der Waals surface area contributed by atoms with Gasteiger partial charge in [0.15, 0.2) is 0 Å². The first-order chi connectivity index (χ1) is 15.2. The highest BCUT2D eigenvalue weighted by Crippen LogP contribution is 2.44. The Morgan fingerprint density at radius 2 is 1.91 bits per heavy atom. The van der Waals surface area contributed by atoms with Crippen molar-refractivity contribution in [1.29, 1.82) is 0 Å². The molecule has 1 aliphatic carbocycles. The molecule has 0 aliphatic heterocycles. The Morgan fingerprint density at radius 3 is 2.53 bits per heavy atom. The number of hydrogen-bond donors (Lipinski definition) is 1. The van der Waals surface area contributed by atoms with Crippen LogP contribution in [0.1, 0.15) is 73.3 Å². The minimum absolute atomic E-state index is 0.106. The van der Waals surface area contributed by atoms with Crippen LogP contribution in [0.25, 0.3) is 0 Å². The van der Waals surface area contributed by atoms with Crippen LogP contribution in [0.2, 0.25) is 0 Å². The molecular weight excluding hydrogens is 422 g/mol. The number of fused-ring (bicyclic) bond motifs is 1. The Bertz CT molecular complexity index is 940. The van der Waals surface area contributed by atoms with Gasteiger partial charge in [-0.15, -0.1) is 11.3 Å². The van der Waals surface area contributed by atoms with Gasteiger partial charge in [-0.05, 0) is 66.7 Å². The predicted molar refractivity (Wildman–Crippen MR) is 130 cm³/mol. The first kappa shape index (κ1) is 24.3. The molecule has 1 N–H and O–H groups in total. The molecule has 1 aliphatic rings. The van der Waals surface area contributed by atoms with E-state index in [9.17, 15) is 9.59 Å². The minimum atomic E-state index is -0.370. The number of aryl methyl sites for hydroxylation is 1. The van der Waals surface area contributed by atoms with E-state index in [1.54, 1.807) is 0 Å². The third-order valence-corrected chi connectivity index (χ3v) is 7.45. The van der Waals surface area contributed by atoms with Gasteiger partial charge in [-0.1, -0.05) is 39.8 Å². The molecule has 0 spiro atoms. The average molecular weight is 458 g/mol. The van der Waals surface area contributed by atoms with Crippen molar-refractivity contribution in [2.24, 2.45) is 11.3 Å². The van der Waals surface area contributed by atoms with E-state index in [1.165, 1.54) is 28.9 Å². The van der Waals surface area contributed by atoms with E-state index < -0.39 is 0 Å². The van der Waals surface area contributed by atoms with E-state index in [1.807, 2.05) is 12.1 Å². The van der Waals surface area contributed by atoms with Crippen LogP contribution in [-0.2, 0) is 28.8 Å². The second kappa shape index (κ2) is 10.5. The van der Waals surface area contributed by atoms with Crippen molar-refractivity contribution in [3.05, 3.63) is 45.8 Å². The number of hydrogen-bond acceptors (Lipinski definition) is 5. The zero-order chi connectivity index (χ0) is 23.3. The number of ether oxygens (including phenoxy) is 2. The SMILES string of the molecule is CCc1ccc(OCCCC(=O)Nc2sc3c(c2C(=O)OC)CCC(C(C)(C)C)C3)cc1. The number of thiophene rings is 1. The maximum Gasteiger partial charge on any atom is 0.341 e. The second-order valence-electron chi connectivity index (χ2n) is 9.50. The fourth-order valence-electron chi connectivity index (χ4n) is 4.16. The largest absolute Gasteiger partial charge is 0.494 e. The zero-order valence-corrected chi connectivity index (χ0v) is 20.7.